The van der Waals surface area contributed by atoms with Crippen LogP contribution >= 0.6 is 11.3 Å². The average molecular weight is 300 g/mol. The van der Waals surface area contributed by atoms with Crippen LogP contribution in [0.3, 0.4) is 0 Å². The molecule has 0 N–H and O–H groups in total. The maximum atomic E-state index is 11.9. The van der Waals surface area contributed by atoms with Gasteiger partial charge in [0.05, 0.1) is 4.88 Å². The molecule has 0 bridgehead atoms. The van der Waals surface area contributed by atoms with E-state index in [0.717, 1.165) is 10.3 Å². The molecular formula is C16H12O4S. The Morgan fingerprint density at radius 2 is 2.00 bits per heavy atom. The van der Waals surface area contributed by atoms with Crippen LogP contribution in [0.1, 0.15) is 25.1 Å². The number of ether oxygens (including phenoxy) is 1. The number of thiophene rings is 1. The summed E-state index contributed by atoms with van der Waals surface area (Å²) < 4.78 is 10.4. The smallest absolute Gasteiger partial charge is 0.374 e. The summed E-state index contributed by atoms with van der Waals surface area (Å²) in [6, 6.07) is 12.5. The van der Waals surface area contributed by atoms with Crippen molar-refractivity contribution in [3.8, 4) is 0 Å². The summed E-state index contributed by atoms with van der Waals surface area (Å²) in [7, 11) is 0. The van der Waals surface area contributed by atoms with Crippen LogP contribution in [-0.2, 0) is 4.74 Å². The van der Waals surface area contributed by atoms with Crippen molar-refractivity contribution in [1.82, 2.24) is 0 Å². The van der Waals surface area contributed by atoms with Gasteiger partial charge in [0.1, 0.15) is 5.58 Å². The molecule has 1 aromatic carbocycles. The standard InChI is InChI=1S/C16H12O4S/c1-10-6-7-15(21-10)12(17)9-19-16(18)14-8-11-4-2-3-5-13(11)20-14/h2-8H,9H2,1H3. The first-order valence-corrected chi connectivity index (χ1v) is 7.20. The van der Waals surface area contributed by atoms with Gasteiger partial charge in [-0.1, -0.05) is 18.2 Å². The summed E-state index contributed by atoms with van der Waals surface area (Å²) in [4.78, 5) is 25.4. The molecule has 2 aromatic heterocycles. The van der Waals surface area contributed by atoms with E-state index in [1.807, 2.05) is 31.2 Å². The van der Waals surface area contributed by atoms with E-state index in [-0.39, 0.29) is 18.2 Å². The molecule has 0 aliphatic heterocycles. The van der Waals surface area contributed by atoms with Gasteiger partial charge in [0.25, 0.3) is 0 Å². The number of carbonyl (C=O) groups is 2. The van der Waals surface area contributed by atoms with E-state index in [1.54, 1.807) is 18.2 Å². The zero-order chi connectivity index (χ0) is 14.8. The van der Waals surface area contributed by atoms with Crippen LogP contribution in [0.25, 0.3) is 11.0 Å². The fraction of sp³-hybridized carbons (Fsp3) is 0.125. The molecule has 0 amide bonds. The highest BCUT2D eigenvalue weighted by molar-refractivity contribution is 7.14. The third-order valence-corrected chi connectivity index (χ3v) is 4.02. The summed E-state index contributed by atoms with van der Waals surface area (Å²) >= 11 is 1.38. The molecule has 106 valence electrons. The molecule has 0 radical (unpaired) electrons. The molecule has 0 aliphatic rings. The Morgan fingerprint density at radius 1 is 1.19 bits per heavy atom. The lowest BCUT2D eigenvalue weighted by Gasteiger charge is -2.00. The molecule has 0 aliphatic carbocycles. The van der Waals surface area contributed by atoms with Gasteiger partial charge >= 0.3 is 5.97 Å². The molecule has 0 unspecified atom stereocenters. The first-order chi connectivity index (χ1) is 10.1. The molecule has 4 nitrogen and oxygen atoms in total. The van der Waals surface area contributed by atoms with Gasteiger partial charge < -0.3 is 9.15 Å². The zero-order valence-corrected chi connectivity index (χ0v) is 12.1. The minimum atomic E-state index is -0.632. The molecule has 2 heterocycles. The maximum Gasteiger partial charge on any atom is 0.374 e. The number of furan rings is 1. The Labute approximate surface area is 125 Å². The first kappa shape index (κ1) is 13.6. The van der Waals surface area contributed by atoms with Crippen LogP contribution in [0.15, 0.2) is 46.9 Å². The lowest BCUT2D eigenvalue weighted by molar-refractivity contribution is 0.0447. The number of hydrogen-bond donors (Lipinski definition) is 0. The number of carbonyl (C=O) groups excluding carboxylic acids is 2. The first-order valence-electron chi connectivity index (χ1n) is 6.39. The second-order valence-corrected chi connectivity index (χ2v) is 5.85. The summed E-state index contributed by atoms with van der Waals surface area (Å²) in [6.45, 7) is 1.64. The van der Waals surface area contributed by atoms with Crippen LogP contribution in [0.4, 0.5) is 0 Å². The van der Waals surface area contributed by atoms with Gasteiger partial charge in [-0.3, -0.25) is 4.79 Å². The highest BCUT2D eigenvalue weighted by Gasteiger charge is 2.16. The van der Waals surface area contributed by atoms with E-state index in [9.17, 15) is 9.59 Å². The third-order valence-electron chi connectivity index (χ3n) is 2.98. The van der Waals surface area contributed by atoms with E-state index in [4.69, 9.17) is 9.15 Å². The number of ketones is 1. The third kappa shape index (κ3) is 2.87. The number of benzene rings is 1. The normalized spacial score (nSPS) is 10.7. The lowest BCUT2D eigenvalue weighted by Crippen LogP contribution is -2.12. The van der Waals surface area contributed by atoms with Gasteiger partial charge in [-0.05, 0) is 31.2 Å². The lowest BCUT2D eigenvalue weighted by atomic mass is 10.2. The number of rotatable bonds is 4. The largest absolute Gasteiger partial charge is 0.451 e. The summed E-state index contributed by atoms with van der Waals surface area (Å²) in [5.41, 5.74) is 0.615. The summed E-state index contributed by atoms with van der Waals surface area (Å²) in [6.07, 6.45) is 0. The van der Waals surface area contributed by atoms with Gasteiger partial charge in [-0.2, -0.15) is 0 Å². The van der Waals surface area contributed by atoms with Crippen LogP contribution in [0.5, 0.6) is 0 Å². The maximum absolute atomic E-state index is 11.9. The molecular weight excluding hydrogens is 288 g/mol. The van der Waals surface area contributed by atoms with E-state index < -0.39 is 5.97 Å². The van der Waals surface area contributed by atoms with Crippen LogP contribution in [0.2, 0.25) is 0 Å². The van der Waals surface area contributed by atoms with Crippen LogP contribution in [0, 0.1) is 6.92 Å². The second kappa shape index (κ2) is 5.54. The SMILES string of the molecule is Cc1ccc(C(=O)COC(=O)c2cc3ccccc3o2)s1. The molecule has 0 saturated carbocycles. The van der Waals surface area contributed by atoms with Gasteiger partial charge in [0.15, 0.2) is 6.61 Å². The van der Waals surface area contributed by atoms with Gasteiger partial charge in [0.2, 0.25) is 11.5 Å². The van der Waals surface area contributed by atoms with E-state index in [1.165, 1.54) is 11.3 Å². The summed E-state index contributed by atoms with van der Waals surface area (Å²) in [5, 5.41) is 0.824. The van der Waals surface area contributed by atoms with E-state index in [2.05, 4.69) is 0 Å². The van der Waals surface area contributed by atoms with Crippen molar-refractivity contribution in [2.75, 3.05) is 6.61 Å². The minimum absolute atomic E-state index is 0.103. The molecule has 0 atom stereocenters. The number of Topliss-reactive ketones (excluding diaryl/α,β-unsaturated/α-hetero) is 1. The number of hydrogen-bond acceptors (Lipinski definition) is 5. The van der Waals surface area contributed by atoms with Crippen molar-refractivity contribution >= 4 is 34.1 Å². The van der Waals surface area contributed by atoms with Crippen molar-refractivity contribution in [3.05, 3.63) is 58.0 Å². The molecule has 21 heavy (non-hydrogen) atoms. The molecule has 3 aromatic rings. The Hall–Kier alpha value is -2.40. The molecule has 0 saturated heterocycles. The quantitative estimate of drug-likeness (QED) is 0.542. The van der Waals surface area contributed by atoms with Crippen LogP contribution in [-0.4, -0.2) is 18.4 Å². The van der Waals surface area contributed by atoms with Gasteiger partial charge in [-0.15, -0.1) is 11.3 Å². The Kier molecular flexibility index (Phi) is 3.58. The Bertz CT molecular complexity index is 779. The predicted octanol–water partition coefficient (Wildman–Crippen LogP) is 3.84. The number of aryl methyl sites for hydroxylation is 1. The van der Waals surface area contributed by atoms with Gasteiger partial charge in [0, 0.05) is 10.3 Å². The van der Waals surface area contributed by atoms with Crippen molar-refractivity contribution in [2.24, 2.45) is 0 Å². The van der Waals surface area contributed by atoms with Crippen molar-refractivity contribution in [2.45, 2.75) is 6.92 Å². The Balaban J connectivity index is 1.67. The fourth-order valence-electron chi connectivity index (χ4n) is 1.94. The van der Waals surface area contributed by atoms with Crippen molar-refractivity contribution < 1.29 is 18.7 Å². The average Bonchev–Trinajstić information content (AvgIpc) is 3.10. The number of fused-ring (bicyclic) bond motifs is 1. The zero-order valence-electron chi connectivity index (χ0n) is 11.3. The molecule has 5 heteroatoms. The highest BCUT2D eigenvalue weighted by atomic mass is 32.1. The molecule has 0 spiro atoms. The highest BCUT2D eigenvalue weighted by Crippen LogP contribution is 2.20. The number of para-hydroxylation sites is 1. The Morgan fingerprint density at radius 3 is 2.71 bits per heavy atom. The monoisotopic (exact) mass is 300 g/mol. The van der Waals surface area contributed by atoms with E-state index in [0.29, 0.717) is 10.5 Å². The fourth-order valence-corrected chi connectivity index (χ4v) is 2.73. The summed E-state index contributed by atoms with van der Waals surface area (Å²) in [5.74, 6) is -0.739. The van der Waals surface area contributed by atoms with Crippen LogP contribution < -0.4 is 0 Å². The second-order valence-electron chi connectivity index (χ2n) is 4.56. The van der Waals surface area contributed by atoms with Crippen molar-refractivity contribution in [3.63, 3.8) is 0 Å². The van der Waals surface area contributed by atoms with Gasteiger partial charge in [-0.25, -0.2) is 4.79 Å². The molecule has 3 rings (SSSR count). The molecule has 0 fully saturated rings. The van der Waals surface area contributed by atoms with E-state index >= 15 is 0 Å². The van der Waals surface area contributed by atoms with Crippen molar-refractivity contribution in [1.29, 1.82) is 0 Å². The minimum Gasteiger partial charge on any atom is -0.451 e. The predicted molar refractivity (Wildman–Crippen MR) is 79.9 cm³/mol. The topological polar surface area (TPSA) is 56.5 Å². The number of esters is 1.